The number of rotatable bonds is 14. The average Bonchev–Trinajstić information content (AvgIpc) is 3.82. The maximum atomic E-state index is 14.8. The molecule has 0 radical (unpaired) electrons. The molecule has 2 saturated heterocycles. The molecule has 57 heavy (non-hydrogen) atoms. The van der Waals surface area contributed by atoms with Crippen LogP contribution >= 0.6 is 11.8 Å². The number of nitrogens with one attached hydrogen (secondary N) is 4. The van der Waals surface area contributed by atoms with Gasteiger partial charge in [-0.05, 0) is 78.1 Å². The number of alkyl carbamates (subject to hydrolysis) is 1. The Bertz CT molecular complexity index is 1630. The van der Waals surface area contributed by atoms with E-state index in [9.17, 15) is 33.6 Å². The number of likely N-dealkylation sites (N-methyl/N-ethyl adjacent to an activating group) is 1. The number of hydrogen-bond acceptors (Lipinski definition) is 9. The van der Waals surface area contributed by atoms with E-state index >= 15 is 0 Å². The third kappa shape index (κ3) is 11.4. The summed E-state index contributed by atoms with van der Waals surface area (Å²) in [7, 11) is 1.36. The minimum absolute atomic E-state index is 0.111. The quantitative estimate of drug-likeness (QED) is 0.150. The number of allylic oxidation sites excluding steroid dienone is 3. The molecule has 3 aliphatic carbocycles. The topological polar surface area (TPSA) is 193 Å². The standard InChI is InChI=1S/C41H61ClN6O9/c1-39(2,3)57-38(55)46-33(41(6)18-12-9-13-19-41)37(54)48-23-28-26(21-40(4,5)56-28)31(48)34(51)44-27(20-24-16-17-24)32(50)35(52)43-22-29(49)45-30(36(53)47(7)42)25-14-10-8-11-15-25/h8,10-11,14,24-28,30-31,33H,9,12-13,15-23H2,1-7H3,(H,43,52)(H,44,51)(H,45,49)(H,46,55)/t25?,26-,27?,28-,30-,31-,33+/m0/s1. The number of nitrogens with zero attached hydrogens (tertiary/aromatic N) is 2. The van der Waals surface area contributed by atoms with Crippen LogP contribution < -0.4 is 21.3 Å². The molecule has 5 aliphatic rings. The Hall–Kier alpha value is -3.98. The lowest BCUT2D eigenvalue weighted by molar-refractivity contribution is -0.146. The summed E-state index contributed by atoms with van der Waals surface area (Å²) in [5.41, 5.74) is -1.97. The summed E-state index contributed by atoms with van der Waals surface area (Å²) in [6.07, 6.45) is 13.0. The van der Waals surface area contributed by atoms with Gasteiger partial charge in [-0.1, -0.05) is 63.3 Å². The van der Waals surface area contributed by atoms with E-state index in [2.05, 4.69) is 21.3 Å². The van der Waals surface area contributed by atoms with Crippen molar-refractivity contribution in [2.24, 2.45) is 23.2 Å². The van der Waals surface area contributed by atoms with Gasteiger partial charge < -0.3 is 35.6 Å². The average molecular weight is 817 g/mol. The fourth-order valence-electron chi connectivity index (χ4n) is 8.80. The highest BCUT2D eigenvalue weighted by atomic mass is 35.5. The highest BCUT2D eigenvalue weighted by Crippen LogP contribution is 2.45. The van der Waals surface area contributed by atoms with E-state index in [4.69, 9.17) is 21.3 Å². The SMILES string of the molecule is CN(Cl)C(=O)[C@@H](NC(=O)CNC(=O)C(=O)C(CC1CC1)NC(=O)[C@@H]1[C@H]2CC(C)(C)O[C@H]2CN1C(=O)[C@@H](NC(=O)OC(C)(C)C)C1(C)CCCCC1)C1C=CC=CC1. The first-order chi connectivity index (χ1) is 26.7. The summed E-state index contributed by atoms with van der Waals surface area (Å²) in [5.74, 6) is -4.90. The lowest BCUT2D eigenvalue weighted by Crippen LogP contribution is -2.61. The number of fused-ring (bicyclic) bond motifs is 1. The number of amides is 6. The van der Waals surface area contributed by atoms with Crippen molar-refractivity contribution in [2.75, 3.05) is 20.1 Å². The minimum atomic E-state index is -1.22. The van der Waals surface area contributed by atoms with Crippen molar-refractivity contribution >= 4 is 53.2 Å². The fourth-order valence-corrected chi connectivity index (χ4v) is 8.91. The van der Waals surface area contributed by atoms with Gasteiger partial charge in [0.25, 0.3) is 11.8 Å². The van der Waals surface area contributed by atoms with Crippen LogP contribution in [0.15, 0.2) is 24.3 Å². The normalized spacial score (nSPS) is 26.3. The first-order valence-electron chi connectivity index (χ1n) is 20.3. The number of Topliss-reactive ketones (excluding diaryl/α,β-unsaturated/α-hetero) is 1. The number of carbonyl (C=O) groups is 7. The fraction of sp³-hybridized carbons (Fsp3) is 0.732. The highest BCUT2D eigenvalue weighted by molar-refractivity contribution is 6.38. The molecule has 7 atom stereocenters. The monoisotopic (exact) mass is 816 g/mol. The number of ketones is 1. The second-order valence-electron chi connectivity index (χ2n) is 18.4. The van der Waals surface area contributed by atoms with Gasteiger partial charge >= 0.3 is 6.09 Å². The molecule has 0 aromatic rings. The molecular formula is C41H61ClN6O9. The Balaban J connectivity index is 1.32. The Kier molecular flexibility index (Phi) is 13.8. The zero-order chi connectivity index (χ0) is 41.9. The van der Waals surface area contributed by atoms with Crippen LogP contribution in [0.4, 0.5) is 4.79 Å². The minimum Gasteiger partial charge on any atom is -0.444 e. The molecule has 0 aromatic heterocycles. The Morgan fingerprint density at radius 1 is 0.982 bits per heavy atom. The predicted octanol–water partition coefficient (Wildman–Crippen LogP) is 3.44. The number of ether oxygens (including phenoxy) is 2. The third-order valence-electron chi connectivity index (χ3n) is 11.8. The first-order valence-corrected chi connectivity index (χ1v) is 20.7. The van der Waals surface area contributed by atoms with Gasteiger partial charge in [0.2, 0.25) is 23.5 Å². The van der Waals surface area contributed by atoms with Gasteiger partial charge in [0.1, 0.15) is 23.7 Å². The van der Waals surface area contributed by atoms with Gasteiger partial charge in [-0.2, -0.15) is 0 Å². The lowest BCUT2D eigenvalue weighted by Gasteiger charge is -2.42. The predicted molar refractivity (Wildman–Crippen MR) is 211 cm³/mol. The molecule has 0 bridgehead atoms. The van der Waals surface area contributed by atoms with Crippen molar-refractivity contribution in [3.8, 4) is 0 Å². The van der Waals surface area contributed by atoms with Gasteiger partial charge in [0, 0.05) is 37.2 Å². The molecule has 2 aliphatic heterocycles. The van der Waals surface area contributed by atoms with E-state index in [1.54, 1.807) is 32.9 Å². The van der Waals surface area contributed by atoms with Gasteiger partial charge in [0.05, 0.1) is 24.3 Å². The Morgan fingerprint density at radius 2 is 1.67 bits per heavy atom. The molecule has 2 saturated carbocycles. The van der Waals surface area contributed by atoms with E-state index in [0.717, 1.165) is 36.5 Å². The van der Waals surface area contributed by atoms with Crippen molar-refractivity contribution in [1.82, 2.24) is 30.6 Å². The highest BCUT2D eigenvalue weighted by Gasteiger charge is 2.57. The Morgan fingerprint density at radius 3 is 2.26 bits per heavy atom. The van der Waals surface area contributed by atoms with E-state index in [-0.39, 0.29) is 24.8 Å². The Labute approximate surface area is 340 Å². The van der Waals surface area contributed by atoms with Gasteiger partial charge in [-0.15, -0.1) is 0 Å². The molecule has 316 valence electrons. The van der Waals surface area contributed by atoms with Crippen LogP contribution in [0.3, 0.4) is 0 Å². The molecule has 0 spiro atoms. The van der Waals surface area contributed by atoms with E-state index in [1.807, 2.05) is 32.9 Å². The van der Waals surface area contributed by atoms with Crippen LogP contribution in [0.25, 0.3) is 0 Å². The summed E-state index contributed by atoms with van der Waals surface area (Å²) in [4.78, 5) is 96.9. The molecule has 15 nitrogen and oxygen atoms in total. The third-order valence-corrected chi connectivity index (χ3v) is 12.0. The second-order valence-corrected chi connectivity index (χ2v) is 18.9. The van der Waals surface area contributed by atoms with Gasteiger partial charge in [-0.3, -0.25) is 33.2 Å². The summed E-state index contributed by atoms with van der Waals surface area (Å²) >= 11 is 5.92. The molecule has 4 fully saturated rings. The zero-order valence-corrected chi connectivity index (χ0v) is 35.1. The van der Waals surface area contributed by atoms with E-state index in [1.165, 1.54) is 11.9 Å². The van der Waals surface area contributed by atoms with Gasteiger partial charge in [0.15, 0.2) is 0 Å². The maximum Gasteiger partial charge on any atom is 0.408 e. The van der Waals surface area contributed by atoms with Crippen molar-refractivity contribution in [2.45, 2.75) is 147 Å². The van der Waals surface area contributed by atoms with E-state index in [0.29, 0.717) is 25.7 Å². The number of hydrogen-bond donors (Lipinski definition) is 4. The van der Waals surface area contributed by atoms with Crippen LogP contribution in [0, 0.1) is 23.2 Å². The van der Waals surface area contributed by atoms with E-state index < -0.39 is 101 Å². The van der Waals surface area contributed by atoms with Crippen LogP contribution in [0.1, 0.15) is 106 Å². The summed E-state index contributed by atoms with van der Waals surface area (Å²) in [6.45, 7) is 10.6. The molecule has 2 unspecified atom stereocenters. The molecule has 4 N–H and O–H groups in total. The summed E-state index contributed by atoms with van der Waals surface area (Å²) < 4.78 is 12.8. The summed E-state index contributed by atoms with van der Waals surface area (Å²) in [6, 6.07) is -4.24. The summed E-state index contributed by atoms with van der Waals surface area (Å²) in [5, 5.41) is 10.7. The largest absolute Gasteiger partial charge is 0.444 e. The van der Waals surface area contributed by atoms with Crippen LogP contribution in [-0.2, 0) is 38.2 Å². The van der Waals surface area contributed by atoms with Crippen molar-refractivity contribution in [1.29, 1.82) is 0 Å². The molecular weight excluding hydrogens is 756 g/mol. The molecule has 6 amide bonds. The molecule has 5 rings (SSSR count). The van der Waals surface area contributed by atoms with Crippen LogP contribution in [-0.4, -0.2) is 112 Å². The molecule has 16 heteroatoms. The second kappa shape index (κ2) is 17.9. The lowest BCUT2D eigenvalue weighted by atomic mass is 9.70. The zero-order valence-electron chi connectivity index (χ0n) is 34.4. The van der Waals surface area contributed by atoms with Crippen LogP contribution in [0.5, 0.6) is 0 Å². The number of likely N-dealkylation sites (tertiary alicyclic amines) is 1. The first kappa shape index (κ1) is 44.1. The molecule has 0 aromatic carbocycles. The number of halogens is 1. The smallest absolute Gasteiger partial charge is 0.408 e. The maximum absolute atomic E-state index is 14.8. The van der Waals surface area contributed by atoms with Crippen molar-refractivity contribution in [3.63, 3.8) is 0 Å². The van der Waals surface area contributed by atoms with Crippen molar-refractivity contribution in [3.05, 3.63) is 24.3 Å². The van der Waals surface area contributed by atoms with Gasteiger partial charge in [-0.25, -0.2) is 4.79 Å². The van der Waals surface area contributed by atoms with Crippen molar-refractivity contribution < 1.29 is 43.0 Å². The van der Waals surface area contributed by atoms with Crippen LogP contribution in [0.2, 0.25) is 0 Å². The number of carbonyl (C=O) groups excluding carboxylic acids is 7. The molecule has 2 heterocycles.